The summed E-state index contributed by atoms with van der Waals surface area (Å²) in [5.41, 5.74) is 5.01. The van der Waals surface area contributed by atoms with Crippen LogP contribution in [0, 0.1) is 6.92 Å². The van der Waals surface area contributed by atoms with Gasteiger partial charge < -0.3 is 4.90 Å². The third kappa shape index (κ3) is 3.18. The molecule has 0 amide bonds. The van der Waals surface area contributed by atoms with Crippen LogP contribution in [0.5, 0.6) is 0 Å². The molecule has 5 nitrogen and oxygen atoms in total. The van der Waals surface area contributed by atoms with E-state index in [1.807, 2.05) is 31.3 Å². The monoisotopic (exact) mass is 385 g/mol. The Morgan fingerprint density at radius 3 is 2.72 bits per heavy atom. The van der Waals surface area contributed by atoms with E-state index in [0.717, 1.165) is 61.8 Å². The molecule has 1 aromatic carbocycles. The van der Waals surface area contributed by atoms with Crippen molar-refractivity contribution in [2.24, 2.45) is 0 Å². The molecule has 1 fully saturated rings. The van der Waals surface area contributed by atoms with Crippen LogP contribution in [0.25, 0.3) is 11.4 Å². The smallest absolute Gasteiger partial charge is 0.159 e. The van der Waals surface area contributed by atoms with Gasteiger partial charge in [0.1, 0.15) is 11.6 Å². The third-order valence-corrected chi connectivity index (χ3v) is 6.49. The topological polar surface area (TPSA) is 54.8 Å². The summed E-state index contributed by atoms with van der Waals surface area (Å²) in [6.07, 6.45) is 9.58. The summed E-state index contributed by atoms with van der Waals surface area (Å²) in [5.74, 6) is 2.80. The maximum absolute atomic E-state index is 5.12. The van der Waals surface area contributed by atoms with Crippen molar-refractivity contribution in [2.45, 2.75) is 51.4 Å². The molecule has 0 N–H and O–H groups in total. The van der Waals surface area contributed by atoms with Gasteiger partial charge >= 0.3 is 0 Å². The summed E-state index contributed by atoms with van der Waals surface area (Å²) >= 11 is 0. The largest absolute Gasteiger partial charge is 0.355 e. The van der Waals surface area contributed by atoms with Gasteiger partial charge in [0.25, 0.3) is 0 Å². The fourth-order valence-corrected chi connectivity index (χ4v) is 4.98. The van der Waals surface area contributed by atoms with E-state index in [4.69, 9.17) is 9.97 Å². The summed E-state index contributed by atoms with van der Waals surface area (Å²) in [6, 6.07) is 10.3. The average Bonchev–Trinajstić information content (AvgIpc) is 3.11. The van der Waals surface area contributed by atoms with Crippen LogP contribution < -0.4 is 4.90 Å². The Morgan fingerprint density at radius 1 is 1.03 bits per heavy atom. The van der Waals surface area contributed by atoms with Crippen molar-refractivity contribution in [3.63, 3.8) is 0 Å². The molecule has 29 heavy (non-hydrogen) atoms. The number of benzene rings is 1. The molecule has 1 atom stereocenters. The second-order valence-electron chi connectivity index (χ2n) is 8.36. The van der Waals surface area contributed by atoms with E-state index < -0.39 is 0 Å². The van der Waals surface area contributed by atoms with E-state index in [0.29, 0.717) is 0 Å². The number of anilines is 1. The molecule has 1 spiro atoms. The quantitative estimate of drug-likeness (QED) is 0.673. The van der Waals surface area contributed by atoms with Crippen molar-refractivity contribution in [3.8, 4) is 11.4 Å². The van der Waals surface area contributed by atoms with Crippen molar-refractivity contribution in [1.29, 1.82) is 0 Å². The molecule has 1 aliphatic carbocycles. The number of fused-ring (bicyclic) bond motifs is 2. The first-order valence-electron chi connectivity index (χ1n) is 10.7. The van der Waals surface area contributed by atoms with Crippen LogP contribution in [0.15, 0.2) is 42.7 Å². The Bertz CT molecular complexity index is 1030. The highest BCUT2D eigenvalue weighted by molar-refractivity contribution is 5.56. The summed E-state index contributed by atoms with van der Waals surface area (Å²) < 4.78 is 0. The molecule has 1 saturated heterocycles. The van der Waals surface area contributed by atoms with E-state index in [1.165, 1.54) is 23.2 Å². The van der Waals surface area contributed by atoms with Crippen LogP contribution in [0.3, 0.4) is 0 Å². The fraction of sp³-hybridized carbons (Fsp3) is 0.417. The minimum atomic E-state index is 0.101. The van der Waals surface area contributed by atoms with E-state index in [9.17, 15) is 0 Å². The summed E-state index contributed by atoms with van der Waals surface area (Å²) in [5, 5.41) is 0. The number of hydrogen-bond acceptors (Lipinski definition) is 5. The van der Waals surface area contributed by atoms with Crippen molar-refractivity contribution >= 4 is 5.82 Å². The molecule has 0 saturated carbocycles. The van der Waals surface area contributed by atoms with Crippen LogP contribution in [0.4, 0.5) is 5.82 Å². The third-order valence-electron chi connectivity index (χ3n) is 6.49. The van der Waals surface area contributed by atoms with Crippen LogP contribution >= 0.6 is 0 Å². The Kier molecular flexibility index (Phi) is 4.53. The molecular formula is C24H27N5. The zero-order valence-corrected chi connectivity index (χ0v) is 17.2. The molecule has 3 heterocycles. The Balaban J connectivity index is 1.52. The molecule has 5 heteroatoms. The van der Waals surface area contributed by atoms with Gasteiger partial charge in [0, 0.05) is 42.0 Å². The Labute approximate surface area is 172 Å². The highest BCUT2D eigenvalue weighted by Crippen LogP contribution is 2.45. The average molecular weight is 386 g/mol. The van der Waals surface area contributed by atoms with Gasteiger partial charge in [-0.25, -0.2) is 19.9 Å². The molecule has 5 rings (SSSR count). The lowest BCUT2D eigenvalue weighted by Gasteiger charge is -2.41. The first-order chi connectivity index (χ1) is 14.2. The van der Waals surface area contributed by atoms with Crippen LogP contribution in [-0.4, -0.2) is 33.0 Å². The summed E-state index contributed by atoms with van der Waals surface area (Å²) in [7, 11) is 0. The predicted molar refractivity (Wildman–Crippen MR) is 115 cm³/mol. The Morgan fingerprint density at radius 2 is 1.90 bits per heavy atom. The van der Waals surface area contributed by atoms with Crippen LogP contribution in [0.1, 0.15) is 48.8 Å². The van der Waals surface area contributed by atoms with Gasteiger partial charge in [0.05, 0.1) is 5.69 Å². The number of rotatable bonds is 3. The number of aryl methyl sites for hydroxylation is 3. The van der Waals surface area contributed by atoms with Gasteiger partial charge in [-0.2, -0.15) is 0 Å². The molecule has 0 bridgehead atoms. The van der Waals surface area contributed by atoms with Gasteiger partial charge in [-0.3, -0.25) is 0 Å². The molecule has 3 aromatic rings. The minimum Gasteiger partial charge on any atom is -0.355 e. The molecule has 0 radical (unpaired) electrons. The summed E-state index contributed by atoms with van der Waals surface area (Å²) in [6.45, 7) is 6.19. The van der Waals surface area contributed by atoms with Gasteiger partial charge in [0.2, 0.25) is 0 Å². The van der Waals surface area contributed by atoms with Gasteiger partial charge in [-0.1, -0.05) is 37.3 Å². The zero-order chi connectivity index (χ0) is 19.8. The van der Waals surface area contributed by atoms with E-state index in [1.54, 1.807) is 0 Å². The number of nitrogens with zero attached hydrogens (tertiary/aromatic N) is 5. The first kappa shape index (κ1) is 18.2. The standard InChI is InChI=1S/C24H27N5/c1-3-18-14-25-17(2)27-23(18)29-13-7-11-24(16-29)12-10-20-15-26-22(28-21(20)24)19-8-5-4-6-9-19/h4-6,8-9,14-15H,3,7,10-13,16H2,1-2H3. The second-order valence-corrected chi connectivity index (χ2v) is 8.36. The van der Waals surface area contributed by atoms with Gasteiger partial charge in [-0.15, -0.1) is 0 Å². The lowest BCUT2D eigenvalue weighted by Crippen LogP contribution is -2.46. The molecule has 148 valence electrons. The molecule has 1 unspecified atom stereocenters. The van der Waals surface area contributed by atoms with Gasteiger partial charge in [-0.05, 0) is 44.6 Å². The lowest BCUT2D eigenvalue weighted by molar-refractivity contribution is 0.333. The molecule has 2 aromatic heterocycles. The van der Waals surface area contributed by atoms with Crippen molar-refractivity contribution < 1.29 is 0 Å². The van der Waals surface area contributed by atoms with Crippen LogP contribution in [0.2, 0.25) is 0 Å². The normalized spacial score (nSPS) is 20.8. The molecular weight excluding hydrogens is 358 g/mol. The molecule has 2 aliphatic rings. The van der Waals surface area contributed by atoms with E-state index >= 15 is 0 Å². The first-order valence-corrected chi connectivity index (χ1v) is 10.7. The molecule has 1 aliphatic heterocycles. The number of piperidine rings is 1. The van der Waals surface area contributed by atoms with Crippen molar-refractivity contribution in [2.75, 3.05) is 18.0 Å². The lowest BCUT2D eigenvalue weighted by atomic mass is 9.77. The SMILES string of the molecule is CCc1cnc(C)nc1N1CCCC2(CCc3cnc(-c4ccccc4)nc32)C1. The van der Waals surface area contributed by atoms with Crippen molar-refractivity contribution in [1.82, 2.24) is 19.9 Å². The minimum absolute atomic E-state index is 0.101. The predicted octanol–water partition coefficient (Wildman–Crippen LogP) is 4.29. The van der Waals surface area contributed by atoms with Crippen molar-refractivity contribution in [3.05, 3.63) is 65.4 Å². The Hall–Kier alpha value is -2.82. The number of hydrogen-bond donors (Lipinski definition) is 0. The maximum atomic E-state index is 5.12. The summed E-state index contributed by atoms with van der Waals surface area (Å²) in [4.78, 5) is 21.5. The van der Waals surface area contributed by atoms with E-state index in [2.05, 4.69) is 40.1 Å². The fourth-order valence-electron chi connectivity index (χ4n) is 4.98. The van der Waals surface area contributed by atoms with E-state index in [-0.39, 0.29) is 5.41 Å². The maximum Gasteiger partial charge on any atom is 0.159 e. The zero-order valence-electron chi connectivity index (χ0n) is 17.2. The van der Waals surface area contributed by atoms with Gasteiger partial charge in [0.15, 0.2) is 5.82 Å². The highest BCUT2D eigenvalue weighted by Gasteiger charge is 2.44. The van der Waals surface area contributed by atoms with Crippen LogP contribution in [-0.2, 0) is 18.3 Å². The second kappa shape index (κ2) is 7.21. The highest BCUT2D eigenvalue weighted by atomic mass is 15.2. The number of aromatic nitrogens is 4.